The van der Waals surface area contributed by atoms with E-state index in [9.17, 15) is 18.0 Å². The first-order valence-electron chi connectivity index (χ1n) is 13.9. The van der Waals surface area contributed by atoms with Gasteiger partial charge in [-0.05, 0) is 69.0 Å². The van der Waals surface area contributed by atoms with Crippen LogP contribution in [0.15, 0.2) is 77.7 Å². The first-order chi connectivity index (χ1) is 19.1. The second-order valence-electron chi connectivity index (χ2n) is 10.2. The summed E-state index contributed by atoms with van der Waals surface area (Å²) in [6.45, 7) is 9.91. The molecule has 0 saturated carbocycles. The van der Waals surface area contributed by atoms with Gasteiger partial charge in [0.25, 0.3) is 10.0 Å². The van der Waals surface area contributed by atoms with Crippen molar-refractivity contribution in [2.24, 2.45) is 0 Å². The summed E-state index contributed by atoms with van der Waals surface area (Å²) in [6.07, 6.45) is 2.17. The molecule has 0 aromatic heterocycles. The van der Waals surface area contributed by atoms with Gasteiger partial charge in [0.2, 0.25) is 11.8 Å². The van der Waals surface area contributed by atoms with Crippen molar-refractivity contribution < 1.29 is 18.0 Å². The molecule has 0 radical (unpaired) electrons. The minimum Gasteiger partial charge on any atom is -0.354 e. The third-order valence-electron chi connectivity index (χ3n) is 6.83. The summed E-state index contributed by atoms with van der Waals surface area (Å²) in [5.41, 5.74) is 4.10. The predicted octanol–water partition coefficient (Wildman–Crippen LogP) is 5.53. The Labute approximate surface area is 239 Å². The van der Waals surface area contributed by atoms with Crippen LogP contribution >= 0.6 is 0 Å². The molecule has 0 heterocycles. The van der Waals surface area contributed by atoms with Crippen LogP contribution in [0, 0.1) is 20.8 Å². The Kier molecular flexibility index (Phi) is 10.9. The molecule has 0 bridgehead atoms. The number of hydrogen-bond acceptors (Lipinski definition) is 4. The van der Waals surface area contributed by atoms with Crippen LogP contribution in [0.2, 0.25) is 0 Å². The number of rotatable bonds is 13. The monoisotopic (exact) mass is 563 g/mol. The highest BCUT2D eigenvalue weighted by Crippen LogP contribution is 2.26. The number of sulfonamides is 1. The van der Waals surface area contributed by atoms with Crippen LogP contribution in [0.4, 0.5) is 5.69 Å². The van der Waals surface area contributed by atoms with Gasteiger partial charge in [-0.2, -0.15) is 0 Å². The molecule has 7 nitrogen and oxygen atoms in total. The molecule has 0 unspecified atom stereocenters. The van der Waals surface area contributed by atoms with E-state index in [0.29, 0.717) is 18.7 Å². The number of nitrogens with zero attached hydrogens (tertiary/aromatic N) is 2. The van der Waals surface area contributed by atoms with E-state index in [1.165, 1.54) is 4.90 Å². The topological polar surface area (TPSA) is 86.8 Å². The summed E-state index contributed by atoms with van der Waals surface area (Å²) < 4.78 is 29.0. The first kappa shape index (κ1) is 30.9. The highest BCUT2D eigenvalue weighted by Gasteiger charge is 2.33. The fraction of sp³-hybridized carbons (Fsp3) is 0.375. The average Bonchev–Trinajstić information content (AvgIpc) is 2.91. The lowest BCUT2D eigenvalue weighted by Gasteiger charge is -2.33. The van der Waals surface area contributed by atoms with Crippen molar-refractivity contribution in [3.8, 4) is 0 Å². The van der Waals surface area contributed by atoms with Crippen LogP contribution in [0.1, 0.15) is 55.4 Å². The van der Waals surface area contributed by atoms with Crippen molar-refractivity contribution in [3.63, 3.8) is 0 Å². The van der Waals surface area contributed by atoms with E-state index >= 15 is 0 Å². The van der Waals surface area contributed by atoms with Crippen LogP contribution in [0.25, 0.3) is 0 Å². The molecule has 0 aliphatic carbocycles. The van der Waals surface area contributed by atoms with Crippen LogP contribution in [0.5, 0.6) is 0 Å². The van der Waals surface area contributed by atoms with Crippen molar-refractivity contribution in [1.29, 1.82) is 0 Å². The number of carbonyl (C=O) groups excluding carboxylic acids is 2. The van der Waals surface area contributed by atoms with Gasteiger partial charge in [-0.3, -0.25) is 13.9 Å². The molecule has 0 aliphatic rings. The molecule has 214 valence electrons. The highest BCUT2D eigenvalue weighted by atomic mass is 32.2. The van der Waals surface area contributed by atoms with Crippen molar-refractivity contribution in [2.45, 2.75) is 71.4 Å². The van der Waals surface area contributed by atoms with E-state index in [-0.39, 0.29) is 17.3 Å². The predicted molar refractivity (Wildman–Crippen MR) is 161 cm³/mol. The van der Waals surface area contributed by atoms with Gasteiger partial charge in [-0.1, -0.05) is 79.9 Å². The Morgan fingerprint density at radius 3 is 2.10 bits per heavy atom. The van der Waals surface area contributed by atoms with Gasteiger partial charge in [0, 0.05) is 13.1 Å². The number of nitrogens with one attached hydrogen (secondary N) is 1. The van der Waals surface area contributed by atoms with E-state index in [4.69, 9.17) is 0 Å². The van der Waals surface area contributed by atoms with Crippen molar-refractivity contribution in [2.75, 3.05) is 17.4 Å². The maximum Gasteiger partial charge on any atom is 0.264 e. The number of anilines is 1. The highest BCUT2D eigenvalue weighted by molar-refractivity contribution is 7.92. The van der Waals surface area contributed by atoms with Gasteiger partial charge in [0.1, 0.15) is 12.6 Å². The third kappa shape index (κ3) is 7.94. The average molecular weight is 564 g/mol. The maximum absolute atomic E-state index is 14.1. The molecular weight excluding hydrogens is 522 g/mol. The molecule has 0 aliphatic heterocycles. The molecular formula is C32H41N3O4S. The zero-order valence-electron chi connectivity index (χ0n) is 24.2. The van der Waals surface area contributed by atoms with Gasteiger partial charge < -0.3 is 10.2 Å². The Bertz CT molecular complexity index is 1400. The van der Waals surface area contributed by atoms with Gasteiger partial charge in [0.15, 0.2) is 0 Å². The normalized spacial score (nSPS) is 12.0. The summed E-state index contributed by atoms with van der Waals surface area (Å²) in [6, 6.07) is 20.7. The molecule has 0 fully saturated rings. The van der Waals surface area contributed by atoms with Crippen molar-refractivity contribution in [1.82, 2.24) is 10.2 Å². The molecule has 1 N–H and O–H groups in total. The van der Waals surface area contributed by atoms with Gasteiger partial charge in [-0.25, -0.2) is 8.42 Å². The van der Waals surface area contributed by atoms with E-state index < -0.39 is 28.5 Å². The standard InChI is InChI=1S/C32H41N3O4S/c1-6-8-19-33-32(37)30(7-2)34(22-27-13-9-11-25(4)20-27)31(36)23-35(28-14-10-12-26(5)21-28)40(38,39)29-17-15-24(3)16-18-29/h9-18,20-21,30H,6-8,19,22-23H2,1-5H3,(H,33,37)/t30-/m0/s1. The van der Waals surface area contributed by atoms with Gasteiger partial charge in [0.05, 0.1) is 10.6 Å². The third-order valence-corrected chi connectivity index (χ3v) is 8.62. The van der Waals surface area contributed by atoms with Crippen LogP contribution < -0.4 is 9.62 Å². The second kappa shape index (κ2) is 14.1. The number of unbranched alkanes of at least 4 members (excludes halogenated alkanes) is 1. The Hall–Kier alpha value is -3.65. The quantitative estimate of drug-likeness (QED) is 0.277. The first-order valence-corrected chi connectivity index (χ1v) is 15.3. The molecule has 2 amide bonds. The van der Waals surface area contributed by atoms with E-state index in [1.807, 2.05) is 65.0 Å². The number of aryl methyl sites for hydroxylation is 3. The minimum atomic E-state index is -4.08. The SMILES string of the molecule is CCCCNC(=O)[C@H](CC)N(Cc1cccc(C)c1)C(=O)CN(c1cccc(C)c1)S(=O)(=O)c1ccc(C)cc1. The van der Waals surface area contributed by atoms with Crippen molar-refractivity contribution in [3.05, 3.63) is 95.1 Å². The molecule has 3 aromatic carbocycles. The number of carbonyl (C=O) groups is 2. The summed E-state index contributed by atoms with van der Waals surface area (Å²) in [5.74, 6) is -0.684. The fourth-order valence-electron chi connectivity index (χ4n) is 4.58. The Balaban J connectivity index is 2.04. The molecule has 0 spiro atoms. The zero-order chi connectivity index (χ0) is 29.3. The zero-order valence-corrected chi connectivity index (χ0v) is 25.0. The van der Waals surface area contributed by atoms with E-state index in [1.54, 1.807) is 42.5 Å². The van der Waals surface area contributed by atoms with Crippen LogP contribution in [-0.4, -0.2) is 44.3 Å². The van der Waals surface area contributed by atoms with E-state index in [0.717, 1.165) is 39.4 Å². The molecule has 40 heavy (non-hydrogen) atoms. The van der Waals surface area contributed by atoms with Crippen LogP contribution in [-0.2, 0) is 26.2 Å². The molecule has 1 atom stereocenters. The Morgan fingerprint density at radius 2 is 1.50 bits per heavy atom. The van der Waals surface area contributed by atoms with Crippen LogP contribution in [0.3, 0.4) is 0 Å². The molecule has 3 rings (SSSR count). The fourth-order valence-corrected chi connectivity index (χ4v) is 5.99. The number of benzene rings is 3. The van der Waals surface area contributed by atoms with Gasteiger partial charge >= 0.3 is 0 Å². The number of hydrogen-bond donors (Lipinski definition) is 1. The maximum atomic E-state index is 14.1. The largest absolute Gasteiger partial charge is 0.354 e. The minimum absolute atomic E-state index is 0.0991. The lowest BCUT2D eigenvalue weighted by molar-refractivity contribution is -0.140. The summed E-state index contributed by atoms with van der Waals surface area (Å²) in [7, 11) is -4.08. The molecule has 3 aromatic rings. The summed E-state index contributed by atoms with van der Waals surface area (Å²) in [4.78, 5) is 29.0. The summed E-state index contributed by atoms with van der Waals surface area (Å²) >= 11 is 0. The molecule has 0 saturated heterocycles. The second-order valence-corrected chi connectivity index (χ2v) is 12.1. The summed E-state index contributed by atoms with van der Waals surface area (Å²) in [5, 5.41) is 2.96. The lowest BCUT2D eigenvalue weighted by atomic mass is 10.1. The smallest absolute Gasteiger partial charge is 0.264 e. The lowest BCUT2D eigenvalue weighted by Crippen LogP contribution is -2.52. The Morgan fingerprint density at radius 1 is 0.850 bits per heavy atom. The van der Waals surface area contributed by atoms with Gasteiger partial charge in [-0.15, -0.1) is 0 Å². The van der Waals surface area contributed by atoms with E-state index in [2.05, 4.69) is 5.32 Å². The number of amides is 2. The van der Waals surface area contributed by atoms with Crippen molar-refractivity contribution >= 4 is 27.5 Å². The molecule has 8 heteroatoms.